The molecule has 1 heterocycles. The molecule has 0 aliphatic heterocycles. The van der Waals surface area contributed by atoms with Gasteiger partial charge < -0.3 is 10.2 Å². The lowest BCUT2D eigenvalue weighted by molar-refractivity contribution is -0.121. The second kappa shape index (κ2) is 11.8. The molecule has 1 N–H and O–H groups in total. The standard InChI is InChI=1S/C29H31ClN4O/c1-3-21(2)31-27(35)18-20-34(19-17-22-11-5-4-6-12-22)29-24-14-8-10-16-26(24)32-28(33-29)23-13-7-9-15-25(23)30/h4-16,21H,3,17-20H2,1-2H3,(H,31,35). The van der Waals surface area contributed by atoms with Crippen LogP contribution in [0.15, 0.2) is 78.9 Å². The number of hydrogen-bond acceptors (Lipinski definition) is 4. The van der Waals surface area contributed by atoms with E-state index in [2.05, 4.69) is 41.4 Å². The molecular weight excluding hydrogens is 456 g/mol. The van der Waals surface area contributed by atoms with E-state index in [0.29, 0.717) is 23.8 Å². The molecular formula is C29H31ClN4O. The number of anilines is 1. The number of para-hydroxylation sites is 1. The van der Waals surface area contributed by atoms with Crippen molar-refractivity contribution in [1.82, 2.24) is 15.3 Å². The van der Waals surface area contributed by atoms with Crippen molar-refractivity contribution in [3.63, 3.8) is 0 Å². The van der Waals surface area contributed by atoms with Gasteiger partial charge in [-0.2, -0.15) is 0 Å². The van der Waals surface area contributed by atoms with Gasteiger partial charge >= 0.3 is 0 Å². The van der Waals surface area contributed by atoms with Crippen LogP contribution in [0.1, 0.15) is 32.3 Å². The molecule has 1 unspecified atom stereocenters. The lowest BCUT2D eigenvalue weighted by atomic mass is 10.1. The molecule has 3 aromatic carbocycles. The number of amides is 1. The van der Waals surface area contributed by atoms with E-state index in [0.717, 1.165) is 41.7 Å². The van der Waals surface area contributed by atoms with Gasteiger partial charge in [0.25, 0.3) is 0 Å². The number of carbonyl (C=O) groups excluding carboxylic acids is 1. The first-order valence-corrected chi connectivity index (χ1v) is 12.5. The van der Waals surface area contributed by atoms with Crippen LogP contribution in [0.25, 0.3) is 22.3 Å². The van der Waals surface area contributed by atoms with Gasteiger partial charge in [-0.25, -0.2) is 9.97 Å². The third-order valence-electron chi connectivity index (χ3n) is 6.14. The Morgan fingerprint density at radius 1 is 0.943 bits per heavy atom. The lowest BCUT2D eigenvalue weighted by Crippen LogP contribution is -2.36. The number of fused-ring (bicyclic) bond motifs is 1. The van der Waals surface area contributed by atoms with E-state index in [-0.39, 0.29) is 11.9 Å². The van der Waals surface area contributed by atoms with E-state index in [9.17, 15) is 4.79 Å². The van der Waals surface area contributed by atoms with Crippen LogP contribution < -0.4 is 10.2 Å². The molecule has 0 saturated heterocycles. The van der Waals surface area contributed by atoms with Gasteiger partial charge in [0.2, 0.25) is 5.91 Å². The second-order valence-corrected chi connectivity index (χ2v) is 9.12. The van der Waals surface area contributed by atoms with Gasteiger partial charge in [-0.1, -0.05) is 73.1 Å². The Morgan fingerprint density at radius 2 is 1.66 bits per heavy atom. The van der Waals surface area contributed by atoms with Crippen molar-refractivity contribution >= 4 is 34.2 Å². The zero-order chi connectivity index (χ0) is 24.6. The van der Waals surface area contributed by atoms with Crippen LogP contribution in [-0.2, 0) is 11.2 Å². The molecule has 0 aliphatic rings. The summed E-state index contributed by atoms with van der Waals surface area (Å²) < 4.78 is 0. The molecule has 6 heteroatoms. The number of aromatic nitrogens is 2. The molecule has 4 rings (SSSR count). The number of hydrogen-bond donors (Lipinski definition) is 1. The van der Waals surface area contributed by atoms with Crippen molar-refractivity contribution in [2.75, 3.05) is 18.0 Å². The predicted octanol–water partition coefficient (Wildman–Crippen LogP) is 6.30. The normalized spacial score (nSPS) is 11.9. The van der Waals surface area contributed by atoms with Crippen molar-refractivity contribution in [2.45, 2.75) is 39.2 Å². The minimum absolute atomic E-state index is 0.0498. The summed E-state index contributed by atoms with van der Waals surface area (Å²) in [5.74, 6) is 1.45. The van der Waals surface area contributed by atoms with Crippen molar-refractivity contribution in [3.05, 3.63) is 89.4 Å². The molecule has 0 bridgehead atoms. The highest BCUT2D eigenvalue weighted by atomic mass is 35.5. The summed E-state index contributed by atoms with van der Waals surface area (Å²) in [6, 6.07) is 26.2. The Morgan fingerprint density at radius 3 is 2.43 bits per heavy atom. The average molecular weight is 487 g/mol. The second-order valence-electron chi connectivity index (χ2n) is 8.72. The highest BCUT2D eigenvalue weighted by molar-refractivity contribution is 6.33. The molecule has 1 atom stereocenters. The number of nitrogens with one attached hydrogen (secondary N) is 1. The zero-order valence-electron chi connectivity index (χ0n) is 20.2. The van der Waals surface area contributed by atoms with E-state index >= 15 is 0 Å². The molecule has 4 aromatic rings. The minimum Gasteiger partial charge on any atom is -0.355 e. The molecule has 0 spiro atoms. The van der Waals surface area contributed by atoms with Gasteiger partial charge in [-0.3, -0.25) is 4.79 Å². The lowest BCUT2D eigenvalue weighted by Gasteiger charge is -2.26. The highest BCUT2D eigenvalue weighted by Gasteiger charge is 2.18. The maximum Gasteiger partial charge on any atom is 0.221 e. The molecule has 0 aliphatic carbocycles. The molecule has 0 radical (unpaired) electrons. The molecule has 35 heavy (non-hydrogen) atoms. The minimum atomic E-state index is 0.0498. The monoisotopic (exact) mass is 486 g/mol. The zero-order valence-corrected chi connectivity index (χ0v) is 21.0. The van der Waals surface area contributed by atoms with Crippen LogP contribution >= 0.6 is 11.6 Å². The smallest absolute Gasteiger partial charge is 0.221 e. The fourth-order valence-corrected chi connectivity index (χ4v) is 4.20. The van der Waals surface area contributed by atoms with Crippen molar-refractivity contribution in [1.29, 1.82) is 0 Å². The van der Waals surface area contributed by atoms with Crippen LogP contribution in [0.4, 0.5) is 5.82 Å². The molecule has 1 amide bonds. The molecule has 1 aromatic heterocycles. The van der Waals surface area contributed by atoms with Crippen molar-refractivity contribution in [3.8, 4) is 11.4 Å². The summed E-state index contributed by atoms with van der Waals surface area (Å²) >= 11 is 6.50. The number of rotatable bonds is 10. The van der Waals surface area contributed by atoms with E-state index in [1.54, 1.807) is 0 Å². The SMILES string of the molecule is CCC(C)NC(=O)CCN(CCc1ccccc1)c1nc(-c2ccccc2Cl)nc2ccccc12. The first-order valence-electron chi connectivity index (χ1n) is 12.1. The quantitative estimate of drug-likeness (QED) is 0.285. The van der Waals surface area contributed by atoms with Crippen molar-refractivity contribution in [2.24, 2.45) is 0 Å². The fourth-order valence-electron chi connectivity index (χ4n) is 3.98. The topological polar surface area (TPSA) is 58.1 Å². The summed E-state index contributed by atoms with van der Waals surface area (Å²) in [6.45, 7) is 5.38. The van der Waals surface area contributed by atoms with E-state index < -0.39 is 0 Å². The van der Waals surface area contributed by atoms with E-state index in [4.69, 9.17) is 21.6 Å². The Balaban J connectivity index is 1.71. The van der Waals surface area contributed by atoms with Crippen LogP contribution in [0, 0.1) is 0 Å². The summed E-state index contributed by atoms with van der Waals surface area (Å²) in [4.78, 5) is 24.6. The fraction of sp³-hybridized carbons (Fsp3) is 0.276. The van der Waals surface area contributed by atoms with Gasteiger partial charge in [0, 0.05) is 36.5 Å². The number of halogens is 1. The number of nitrogens with zero attached hydrogens (tertiary/aromatic N) is 3. The Labute approximate surface area is 212 Å². The average Bonchev–Trinajstić information content (AvgIpc) is 2.89. The highest BCUT2D eigenvalue weighted by Crippen LogP contribution is 2.31. The molecule has 180 valence electrons. The Kier molecular flexibility index (Phi) is 8.32. The predicted molar refractivity (Wildman–Crippen MR) is 145 cm³/mol. The number of carbonyl (C=O) groups is 1. The summed E-state index contributed by atoms with van der Waals surface area (Å²) in [6.07, 6.45) is 2.13. The Hall–Kier alpha value is -3.44. The third-order valence-corrected chi connectivity index (χ3v) is 6.47. The van der Waals surface area contributed by atoms with Gasteiger partial charge in [0.05, 0.1) is 10.5 Å². The Bertz CT molecular complexity index is 1280. The summed E-state index contributed by atoms with van der Waals surface area (Å²) in [5.41, 5.74) is 2.88. The maximum absolute atomic E-state index is 12.6. The molecule has 0 fully saturated rings. The van der Waals surface area contributed by atoms with Gasteiger partial charge in [-0.05, 0) is 49.6 Å². The van der Waals surface area contributed by atoms with Crippen LogP contribution in [0.3, 0.4) is 0 Å². The summed E-state index contributed by atoms with van der Waals surface area (Å²) in [7, 11) is 0. The largest absolute Gasteiger partial charge is 0.355 e. The van der Waals surface area contributed by atoms with E-state index in [1.807, 2.05) is 61.5 Å². The van der Waals surface area contributed by atoms with Gasteiger partial charge in [0.1, 0.15) is 5.82 Å². The number of benzene rings is 3. The molecule has 5 nitrogen and oxygen atoms in total. The third kappa shape index (κ3) is 6.37. The van der Waals surface area contributed by atoms with E-state index in [1.165, 1.54) is 5.56 Å². The van der Waals surface area contributed by atoms with Crippen LogP contribution in [0.5, 0.6) is 0 Å². The maximum atomic E-state index is 12.6. The molecule has 0 saturated carbocycles. The van der Waals surface area contributed by atoms with Gasteiger partial charge in [-0.15, -0.1) is 0 Å². The van der Waals surface area contributed by atoms with Crippen molar-refractivity contribution < 1.29 is 4.79 Å². The summed E-state index contributed by atoms with van der Waals surface area (Å²) in [5, 5.41) is 4.64. The van der Waals surface area contributed by atoms with Crippen LogP contribution in [0.2, 0.25) is 5.02 Å². The van der Waals surface area contributed by atoms with Gasteiger partial charge in [0.15, 0.2) is 5.82 Å². The first-order chi connectivity index (χ1) is 17.0. The van der Waals surface area contributed by atoms with Crippen LogP contribution in [-0.4, -0.2) is 35.0 Å². The first kappa shape index (κ1) is 24.7.